The Hall–Kier alpha value is -3.82. The topological polar surface area (TPSA) is 107 Å². The van der Waals surface area contributed by atoms with Crippen LogP contribution in [0.1, 0.15) is 5.56 Å². The summed E-state index contributed by atoms with van der Waals surface area (Å²) in [6, 6.07) is 20.9. The molecule has 0 unspecified atom stereocenters. The molecule has 0 aliphatic carbocycles. The van der Waals surface area contributed by atoms with Crippen molar-refractivity contribution in [2.75, 3.05) is 0 Å². The van der Waals surface area contributed by atoms with E-state index in [-0.39, 0.29) is 10.9 Å². The van der Waals surface area contributed by atoms with Gasteiger partial charge >= 0.3 is 6.03 Å². The standard InChI is InChI=1S/C15H10N4O.C7H8O3S/c20-15(18-13-7-3-1-5-11(13)9-16-18)19-14-8-4-2-6-12(14)10-17-19;1-6-2-4-7(5-3-6)11(8,9)10/h1-10H;2-5H,1H3,(H,8,9,10). The van der Waals surface area contributed by atoms with Crippen molar-refractivity contribution >= 4 is 38.0 Å². The van der Waals surface area contributed by atoms with E-state index < -0.39 is 10.1 Å². The fourth-order valence-electron chi connectivity index (χ4n) is 3.05. The molecule has 0 fully saturated rings. The molecule has 0 bridgehead atoms. The number of hydrogen-bond acceptors (Lipinski definition) is 5. The van der Waals surface area contributed by atoms with Crippen LogP contribution in [0.15, 0.2) is 90.1 Å². The molecule has 0 aliphatic heterocycles. The molecule has 5 rings (SSSR count). The molecule has 0 saturated carbocycles. The summed E-state index contributed by atoms with van der Waals surface area (Å²) in [5, 5.41) is 10.2. The zero-order valence-corrected chi connectivity index (χ0v) is 17.3. The van der Waals surface area contributed by atoms with Gasteiger partial charge in [-0.15, -0.1) is 0 Å². The van der Waals surface area contributed by atoms with Crippen LogP contribution in [0, 0.1) is 6.92 Å². The third-order valence-electron chi connectivity index (χ3n) is 4.64. The van der Waals surface area contributed by atoms with Gasteiger partial charge in [0.1, 0.15) is 0 Å². The van der Waals surface area contributed by atoms with Crippen molar-refractivity contribution in [2.24, 2.45) is 0 Å². The minimum absolute atomic E-state index is 0.0666. The van der Waals surface area contributed by atoms with E-state index in [1.807, 2.05) is 55.5 Å². The summed E-state index contributed by atoms with van der Waals surface area (Å²) in [6.45, 7) is 1.84. The Morgan fingerprint density at radius 3 is 1.68 bits per heavy atom. The van der Waals surface area contributed by atoms with Crippen molar-refractivity contribution in [1.82, 2.24) is 19.6 Å². The first-order valence-electron chi connectivity index (χ1n) is 9.29. The Morgan fingerprint density at radius 1 is 0.774 bits per heavy atom. The van der Waals surface area contributed by atoms with Crippen LogP contribution in [0.3, 0.4) is 0 Å². The molecule has 0 aliphatic rings. The number of carbonyl (C=O) groups is 1. The Morgan fingerprint density at radius 2 is 1.23 bits per heavy atom. The zero-order chi connectivity index (χ0) is 22.0. The molecule has 5 aromatic rings. The van der Waals surface area contributed by atoms with Gasteiger partial charge < -0.3 is 0 Å². The zero-order valence-electron chi connectivity index (χ0n) is 16.5. The average molecular weight is 434 g/mol. The number of hydrogen-bond donors (Lipinski definition) is 1. The molecule has 9 heteroatoms. The molecule has 31 heavy (non-hydrogen) atoms. The summed E-state index contributed by atoms with van der Waals surface area (Å²) in [6.07, 6.45) is 3.36. The quantitative estimate of drug-likeness (QED) is 0.397. The van der Waals surface area contributed by atoms with Crippen molar-refractivity contribution in [3.05, 3.63) is 90.8 Å². The molecule has 2 heterocycles. The Bertz CT molecular complexity index is 1410. The summed E-state index contributed by atoms with van der Waals surface area (Å²) < 4.78 is 32.3. The van der Waals surface area contributed by atoms with Gasteiger partial charge in [-0.3, -0.25) is 4.55 Å². The Balaban J connectivity index is 0.000000180. The fourth-order valence-corrected chi connectivity index (χ4v) is 3.53. The molecule has 0 spiro atoms. The van der Waals surface area contributed by atoms with Crippen LogP contribution in [0.4, 0.5) is 4.79 Å². The van der Waals surface area contributed by atoms with Crippen molar-refractivity contribution in [3.8, 4) is 0 Å². The van der Waals surface area contributed by atoms with Gasteiger partial charge in [0.25, 0.3) is 10.1 Å². The molecule has 8 nitrogen and oxygen atoms in total. The van der Waals surface area contributed by atoms with Gasteiger partial charge in [-0.25, -0.2) is 4.79 Å². The number of carbonyl (C=O) groups excluding carboxylic acids is 1. The van der Waals surface area contributed by atoms with Crippen LogP contribution in [0.5, 0.6) is 0 Å². The van der Waals surface area contributed by atoms with Crippen LogP contribution < -0.4 is 0 Å². The maximum absolute atomic E-state index is 12.6. The van der Waals surface area contributed by atoms with Gasteiger partial charge in [-0.05, 0) is 31.2 Å². The second kappa shape index (κ2) is 8.13. The molecule has 3 aromatic carbocycles. The lowest BCUT2D eigenvalue weighted by Crippen LogP contribution is -2.21. The van der Waals surface area contributed by atoms with Gasteiger partial charge in [-0.2, -0.15) is 28.0 Å². The fraction of sp³-hybridized carbons (Fsp3) is 0.0455. The molecule has 0 radical (unpaired) electrons. The number of aryl methyl sites for hydroxylation is 1. The second-order valence-corrected chi connectivity index (χ2v) is 8.22. The normalized spacial score (nSPS) is 11.3. The molecule has 0 atom stereocenters. The summed E-state index contributed by atoms with van der Waals surface area (Å²) >= 11 is 0. The van der Waals surface area contributed by atoms with E-state index in [1.165, 1.54) is 21.5 Å². The monoisotopic (exact) mass is 434 g/mol. The van der Waals surface area contributed by atoms with E-state index in [4.69, 9.17) is 4.55 Å². The van der Waals surface area contributed by atoms with Crippen LogP contribution in [0.2, 0.25) is 0 Å². The van der Waals surface area contributed by atoms with Crippen molar-refractivity contribution in [1.29, 1.82) is 0 Å². The summed E-state index contributed by atoms with van der Waals surface area (Å²) in [5.74, 6) is 0. The number of fused-ring (bicyclic) bond motifs is 2. The SMILES string of the molecule is Cc1ccc(S(=O)(=O)O)cc1.O=C(n1ncc2ccccc21)n1ncc2ccccc21. The Kier molecular flexibility index (Phi) is 5.37. The van der Waals surface area contributed by atoms with Gasteiger partial charge in [-0.1, -0.05) is 54.1 Å². The molecule has 0 saturated heterocycles. The molecule has 1 N–H and O–H groups in total. The predicted octanol–water partition coefficient (Wildman–Crippen LogP) is 4.14. The maximum Gasteiger partial charge on any atom is 0.370 e. The molecule has 2 aromatic heterocycles. The highest BCUT2D eigenvalue weighted by molar-refractivity contribution is 7.85. The van der Waals surface area contributed by atoms with E-state index in [2.05, 4.69) is 10.2 Å². The lowest BCUT2D eigenvalue weighted by Gasteiger charge is -2.03. The number of rotatable bonds is 1. The Labute approximate surface area is 178 Å². The van der Waals surface area contributed by atoms with Gasteiger partial charge in [0.05, 0.1) is 28.3 Å². The largest absolute Gasteiger partial charge is 0.370 e. The highest BCUT2D eigenvalue weighted by atomic mass is 32.2. The number of benzene rings is 3. The first-order valence-corrected chi connectivity index (χ1v) is 10.7. The van der Waals surface area contributed by atoms with E-state index in [0.717, 1.165) is 27.4 Å². The van der Waals surface area contributed by atoms with E-state index >= 15 is 0 Å². The van der Waals surface area contributed by atoms with Gasteiger partial charge in [0.2, 0.25) is 0 Å². The highest BCUT2D eigenvalue weighted by Gasteiger charge is 2.15. The van der Waals surface area contributed by atoms with Crippen LogP contribution in [-0.2, 0) is 10.1 Å². The first-order chi connectivity index (χ1) is 14.8. The predicted molar refractivity (Wildman–Crippen MR) is 117 cm³/mol. The number of para-hydroxylation sites is 2. The third kappa shape index (κ3) is 4.23. The lowest BCUT2D eigenvalue weighted by molar-refractivity contribution is 0.240. The molecule has 156 valence electrons. The highest BCUT2D eigenvalue weighted by Crippen LogP contribution is 2.16. The number of nitrogens with zero attached hydrogens (tertiary/aromatic N) is 4. The lowest BCUT2D eigenvalue weighted by atomic mass is 10.2. The van der Waals surface area contributed by atoms with Gasteiger partial charge in [0, 0.05) is 10.8 Å². The second-order valence-electron chi connectivity index (χ2n) is 6.80. The maximum atomic E-state index is 12.6. The van der Waals surface area contributed by atoms with Crippen LogP contribution in [0.25, 0.3) is 21.8 Å². The average Bonchev–Trinajstić information content (AvgIpc) is 3.38. The number of aromatic nitrogens is 4. The summed E-state index contributed by atoms with van der Waals surface area (Å²) in [4.78, 5) is 12.5. The minimum Gasteiger partial charge on any atom is -0.282 e. The molecule has 0 amide bonds. The van der Waals surface area contributed by atoms with Crippen LogP contribution in [-0.4, -0.2) is 38.6 Å². The van der Waals surface area contributed by atoms with E-state index in [1.54, 1.807) is 24.5 Å². The van der Waals surface area contributed by atoms with Gasteiger partial charge in [0.15, 0.2) is 0 Å². The third-order valence-corrected chi connectivity index (χ3v) is 5.50. The van der Waals surface area contributed by atoms with E-state index in [0.29, 0.717) is 0 Å². The van der Waals surface area contributed by atoms with Crippen molar-refractivity contribution in [2.45, 2.75) is 11.8 Å². The molecular formula is C22H18N4O4S. The minimum atomic E-state index is -4.02. The van der Waals surface area contributed by atoms with Crippen LogP contribution >= 0.6 is 0 Å². The van der Waals surface area contributed by atoms with E-state index in [9.17, 15) is 13.2 Å². The summed E-state index contributed by atoms with van der Waals surface area (Å²) in [7, 11) is -4.02. The smallest absolute Gasteiger partial charge is 0.282 e. The summed E-state index contributed by atoms with van der Waals surface area (Å²) in [5.41, 5.74) is 2.51. The first kappa shape index (κ1) is 20.5. The van der Waals surface area contributed by atoms with Crippen molar-refractivity contribution in [3.63, 3.8) is 0 Å². The van der Waals surface area contributed by atoms with Crippen molar-refractivity contribution < 1.29 is 17.8 Å². The molecular weight excluding hydrogens is 416 g/mol.